The van der Waals surface area contributed by atoms with Crippen molar-refractivity contribution in [2.45, 2.75) is 62.7 Å². The quantitative estimate of drug-likeness (QED) is 0.398. The van der Waals surface area contributed by atoms with Gasteiger partial charge in [0.2, 0.25) is 11.8 Å². The summed E-state index contributed by atoms with van der Waals surface area (Å²) in [6, 6.07) is 16.5. The van der Waals surface area contributed by atoms with E-state index in [0.717, 1.165) is 30.0 Å². The topological polar surface area (TPSA) is 84.4 Å². The molecule has 9 heteroatoms. The van der Waals surface area contributed by atoms with Gasteiger partial charge >= 0.3 is 0 Å². The molecule has 4 aliphatic heterocycles. The minimum absolute atomic E-state index is 0.0706. The molecule has 8 nitrogen and oxygen atoms in total. The molecule has 1 spiro atoms. The Labute approximate surface area is 277 Å². The lowest BCUT2D eigenvalue weighted by Gasteiger charge is -2.41. The predicted molar refractivity (Wildman–Crippen MR) is 185 cm³/mol. The third-order valence-corrected chi connectivity index (χ3v) is 12.2. The molecular weight excluding hydrogens is 596 g/mol. The molecule has 2 aromatic rings. The van der Waals surface area contributed by atoms with Crippen molar-refractivity contribution in [3.05, 3.63) is 84.5 Å². The summed E-state index contributed by atoms with van der Waals surface area (Å²) < 4.78 is -1.66. The van der Waals surface area contributed by atoms with Gasteiger partial charge in [-0.1, -0.05) is 68.5 Å². The Hall–Kier alpha value is -3.56. The number of rotatable bonds is 9. The number of thioether (sulfide) groups is 1. The highest BCUT2D eigenvalue weighted by molar-refractivity contribution is 8.02. The van der Waals surface area contributed by atoms with Crippen LogP contribution in [0.1, 0.15) is 40.2 Å². The third kappa shape index (κ3) is 5.16. The zero-order valence-corrected chi connectivity index (χ0v) is 28.3. The fourth-order valence-corrected chi connectivity index (χ4v) is 10.2. The molecule has 0 bridgehead atoms. The molecule has 6 atom stereocenters. The lowest BCUT2D eigenvalue weighted by Crippen LogP contribution is -2.58. The first-order valence-corrected chi connectivity index (χ1v) is 17.4. The lowest BCUT2D eigenvalue weighted by atomic mass is 9.74. The smallest absolute Gasteiger partial charge is 0.251 e. The van der Waals surface area contributed by atoms with Crippen molar-refractivity contribution >= 4 is 40.9 Å². The fourth-order valence-electron chi connectivity index (χ4n) is 8.10. The van der Waals surface area contributed by atoms with Gasteiger partial charge in [-0.3, -0.25) is 14.4 Å². The molecule has 244 valence electrons. The first kappa shape index (κ1) is 32.4. The molecular formula is C37H46N4O4S. The molecule has 0 radical (unpaired) electrons. The maximum absolute atomic E-state index is 14.9. The molecule has 2 saturated heterocycles. The monoisotopic (exact) mass is 642 g/mol. The summed E-state index contributed by atoms with van der Waals surface area (Å²) in [6.45, 7) is 13.0. The SMILES string of the molecule is CCN(CC)c1ccc(N2CC=C[C@]34S[C@]5(C)C=CCN(Cc6ccccc6)C(=O)[C@@H]5[C@H]3C(=O)N([C@@H](CO)C(C)C)C4C2=O)cc1. The van der Waals surface area contributed by atoms with Crippen LogP contribution in [0.25, 0.3) is 0 Å². The molecule has 1 unspecified atom stereocenters. The number of benzene rings is 2. The number of aliphatic hydroxyl groups excluding tert-OH is 1. The lowest BCUT2D eigenvalue weighted by molar-refractivity contribution is -0.146. The molecule has 2 fully saturated rings. The number of hydrogen-bond donors (Lipinski definition) is 1. The highest BCUT2D eigenvalue weighted by Crippen LogP contribution is 2.66. The zero-order valence-electron chi connectivity index (χ0n) is 27.5. The van der Waals surface area contributed by atoms with Crippen LogP contribution in [0, 0.1) is 17.8 Å². The minimum Gasteiger partial charge on any atom is -0.394 e. The summed E-state index contributed by atoms with van der Waals surface area (Å²) in [5.41, 5.74) is 2.88. The fraction of sp³-hybridized carbons (Fsp3) is 0.486. The number of carbonyl (C=O) groups excluding carboxylic acids is 3. The van der Waals surface area contributed by atoms with Crippen LogP contribution in [0.3, 0.4) is 0 Å². The van der Waals surface area contributed by atoms with E-state index in [-0.39, 0.29) is 30.2 Å². The molecule has 3 amide bonds. The second-order valence-electron chi connectivity index (χ2n) is 13.4. The van der Waals surface area contributed by atoms with Crippen LogP contribution in [-0.4, -0.2) is 87.0 Å². The molecule has 0 aliphatic carbocycles. The molecule has 6 rings (SSSR count). The number of hydrogen-bond acceptors (Lipinski definition) is 6. The van der Waals surface area contributed by atoms with Crippen LogP contribution in [0.5, 0.6) is 0 Å². The van der Waals surface area contributed by atoms with Gasteiger partial charge in [0, 0.05) is 48.8 Å². The van der Waals surface area contributed by atoms with Crippen molar-refractivity contribution in [1.82, 2.24) is 9.80 Å². The first-order chi connectivity index (χ1) is 22.1. The van der Waals surface area contributed by atoms with E-state index >= 15 is 0 Å². The highest BCUT2D eigenvalue weighted by atomic mass is 32.2. The maximum Gasteiger partial charge on any atom is 0.251 e. The van der Waals surface area contributed by atoms with Crippen molar-refractivity contribution in [3.8, 4) is 0 Å². The summed E-state index contributed by atoms with van der Waals surface area (Å²) in [7, 11) is 0. The van der Waals surface area contributed by atoms with E-state index in [4.69, 9.17) is 0 Å². The summed E-state index contributed by atoms with van der Waals surface area (Å²) in [5.74, 6) is -1.98. The van der Waals surface area contributed by atoms with Crippen LogP contribution >= 0.6 is 11.8 Å². The standard InChI is InChI=1S/C37H46N4O4S/c1-6-38(7-2)27-15-17-28(18-16-27)40-22-12-20-37-31(34(44)41(32(37)35(40)45)29(24-42)25(3)4)30-33(43)39(21-11-19-36(30,5)46-37)23-26-13-9-8-10-14-26/h8-20,25,29-32,42H,6-7,21-24H2,1-5H3/t29-,30-,31-,32?,36+,37-/m0/s1. The van der Waals surface area contributed by atoms with Crippen LogP contribution in [-0.2, 0) is 20.9 Å². The van der Waals surface area contributed by atoms with Gasteiger partial charge in [0.15, 0.2) is 0 Å². The van der Waals surface area contributed by atoms with Gasteiger partial charge in [-0.05, 0) is 56.5 Å². The largest absolute Gasteiger partial charge is 0.394 e. The molecule has 1 N–H and O–H groups in total. The zero-order chi connectivity index (χ0) is 32.8. The van der Waals surface area contributed by atoms with Gasteiger partial charge in [-0.15, -0.1) is 11.8 Å². The Morgan fingerprint density at radius 2 is 1.57 bits per heavy atom. The van der Waals surface area contributed by atoms with E-state index in [1.165, 1.54) is 0 Å². The number of nitrogens with zero attached hydrogens (tertiary/aromatic N) is 4. The third-order valence-electron chi connectivity index (χ3n) is 10.4. The molecule has 2 aromatic carbocycles. The Morgan fingerprint density at radius 3 is 2.20 bits per heavy atom. The van der Waals surface area contributed by atoms with Crippen molar-refractivity contribution < 1.29 is 19.5 Å². The number of fused-ring (bicyclic) bond motifs is 2. The van der Waals surface area contributed by atoms with E-state index in [1.807, 2.05) is 98.5 Å². The Bertz CT molecular complexity index is 1520. The van der Waals surface area contributed by atoms with Gasteiger partial charge in [0.05, 0.1) is 29.2 Å². The van der Waals surface area contributed by atoms with Gasteiger partial charge < -0.3 is 24.7 Å². The van der Waals surface area contributed by atoms with Gasteiger partial charge in [0.25, 0.3) is 5.91 Å². The van der Waals surface area contributed by atoms with E-state index in [0.29, 0.717) is 19.6 Å². The molecule has 0 aromatic heterocycles. The highest BCUT2D eigenvalue weighted by Gasteiger charge is 2.74. The van der Waals surface area contributed by atoms with Crippen molar-refractivity contribution in [1.29, 1.82) is 0 Å². The van der Waals surface area contributed by atoms with Gasteiger partial charge in [-0.2, -0.15) is 0 Å². The molecule has 4 aliphatic rings. The van der Waals surface area contributed by atoms with Crippen molar-refractivity contribution in [3.63, 3.8) is 0 Å². The first-order valence-electron chi connectivity index (χ1n) is 16.6. The molecule has 0 saturated carbocycles. The van der Waals surface area contributed by atoms with Crippen LogP contribution in [0.2, 0.25) is 0 Å². The molecule has 46 heavy (non-hydrogen) atoms. The summed E-state index contributed by atoms with van der Waals surface area (Å²) >= 11 is 1.58. The van der Waals surface area contributed by atoms with Crippen molar-refractivity contribution in [2.24, 2.45) is 17.8 Å². The number of anilines is 2. The molecule has 4 heterocycles. The van der Waals surface area contributed by atoms with Crippen molar-refractivity contribution in [2.75, 3.05) is 42.6 Å². The van der Waals surface area contributed by atoms with Gasteiger partial charge in [0.1, 0.15) is 6.04 Å². The maximum atomic E-state index is 14.9. The average Bonchev–Trinajstić information content (AvgIpc) is 3.32. The normalized spacial score (nSPS) is 29.5. The summed E-state index contributed by atoms with van der Waals surface area (Å²) in [5, 5.41) is 10.6. The Kier molecular flexibility index (Phi) is 8.85. The number of likely N-dealkylation sites (tertiary alicyclic amines) is 1. The predicted octanol–water partition coefficient (Wildman–Crippen LogP) is 4.74. The Morgan fingerprint density at radius 1 is 0.891 bits per heavy atom. The van der Waals surface area contributed by atoms with Gasteiger partial charge in [-0.25, -0.2) is 0 Å². The van der Waals surface area contributed by atoms with E-state index in [1.54, 1.807) is 21.6 Å². The summed E-state index contributed by atoms with van der Waals surface area (Å²) in [6.07, 6.45) is 8.18. The number of amides is 3. The van der Waals surface area contributed by atoms with Crippen LogP contribution in [0.4, 0.5) is 11.4 Å². The number of aliphatic hydroxyl groups is 1. The Balaban J connectivity index is 1.43. The second kappa shape index (κ2) is 12.6. The average molecular weight is 643 g/mol. The second-order valence-corrected chi connectivity index (χ2v) is 15.2. The van der Waals surface area contributed by atoms with E-state index < -0.39 is 33.4 Å². The van der Waals surface area contributed by atoms with Crippen LogP contribution in [0.15, 0.2) is 78.9 Å². The number of carbonyl (C=O) groups is 3. The summed E-state index contributed by atoms with van der Waals surface area (Å²) in [4.78, 5) is 51.9. The van der Waals surface area contributed by atoms with Crippen LogP contribution < -0.4 is 9.80 Å². The minimum atomic E-state index is -0.971. The van der Waals surface area contributed by atoms with E-state index in [2.05, 4.69) is 24.8 Å². The van der Waals surface area contributed by atoms with E-state index in [9.17, 15) is 19.5 Å².